The molecule has 0 saturated heterocycles. The number of aliphatic imine (C=N–C) groups is 1. The van der Waals surface area contributed by atoms with Crippen LogP contribution in [0.25, 0.3) is 17.2 Å². The molecule has 0 spiro atoms. The number of aryl methyl sites for hydroxylation is 2. The first-order chi connectivity index (χ1) is 12.9. The topological polar surface area (TPSA) is 38.7 Å². The molecule has 3 aliphatic rings. The molecule has 2 heterocycles. The Balaban J connectivity index is 1.82. The van der Waals surface area contributed by atoms with Crippen LogP contribution in [0.15, 0.2) is 52.5 Å². The highest BCUT2D eigenvalue weighted by molar-refractivity contribution is 7.12. The minimum atomic E-state index is -0.397. The van der Waals surface area contributed by atoms with E-state index in [0.717, 1.165) is 10.4 Å². The Morgan fingerprint density at radius 2 is 1.93 bits per heavy atom. The number of thiophene rings is 1. The van der Waals surface area contributed by atoms with Crippen molar-refractivity contribution >= 4 is 29.3 Å². The van der Waals surface area contributed by atoms with Crippen molar-refractivity contribution in [3.8, 4) is 11.1 Å². The Labute approximate surface area is 163 Å². The molecule has 136 valence electrons. The second kappa shape index (κ2) is 6.78. The summed E-state index contributed by atoms with van der Waals surface area (Å²) >= 11 is 1.51. The van der Waals surface area contributed by atoms with Crippen molar-refractivity contribution in [2.24, 2.45) is 4.99 Å². The number of hydrogen-bond acceptors (Lipinski definition) is 4. The molecule has 1 aromatic rings. The second-order valence-electron chi connectivity index (χ2n) is 7.20. The summed E-state index contributed by atoms with van der Waals surface area (Å²) in [6.45, 7) is 8.63. The molecule has 0 amide bonds. The van der Waals surface area contributed by atoms with Gasteiger partial charge in [0.05, 0.1) is 4.88 Å². The van der Waals surface area contributed by atoms with Crippen LogP contribution in [0.2, 0.25) is 0 Å². The van der Waals surface area contributed by atoms with Crippen LogP contribution in [0.5, 0.6) is 0 Å². The average molecular weight is 375 g/mol. The highest BCUT2D eigenvalue weighted by Gasteiger charge is 2.26. The van der Waals surface area contributed by atoms with Gasteiger partial charge in [-0.15, -0.1) is 11.3 Å². The predicted octanol–water partition coefficient (Wildman–Crippen LogP) is 5.94. The van der Waals surface area contributed by atoms with Crippen LogP contribution >= 0.6 is 11.3 Å². The van der Waals surface area contributed by atoms with E-state index in [1.54, 1.807) is 0 Å². The van der Waals surface area contributed by atoms with E-state index < -0.39 is 5.97 Å². The summed E-state index contributed by atoms with van der Waals surface area (Å²) in [6, 6.07) is 12.6. The summed E-state index contributed by atoms with van der Waals surface area (Å²) < 4.78 is 5.36. The van der Waals surface area contributed by atoms with E-state index in [1.165, 1.54) is 39.2 Å². The standard InChI is InChI=1S/C23H21NO2S/c1-13(2)16-8-7-14(3)21-17(10-15(4)18(21)11-16)12-19-23(25)26-22(24-19)20-6-5-9-27-20/h5-13H,1-4H3/b19-12+. The number of ether oxygens (including phenoxy) is 1. The van der Waals surface area contributed by atoms with Crippen molar-refractivity contribution in [1.29, 1.82) is 0 Å². The largest absolute Gasteiger partial charge is 0.401 e. The summed E-state index contributed by atoms with van der Waals surface area (Å²) in [4.78, 5) is 17.6. The number of carbonyl (C=O) groups is 1. The van der Waals surface area contributed by atoms with E-state index in [0.29, 0.717) is 17.5 Å². The monoisotopic (exact) mass is 375 g/mol. The number of cyclic esters (lactones) is 1. The molecule has 0 unspecified atom stereocenters. The number of hydrogen-bond donors (Lipinski definition) is 0. The molecule has 4 rings (SSSR count). The van der Waals surface area contributed by atoms with Crippen molar-refractivity contribution in [2.45, 2.75) is 33.6 Å². The number of nitrogens with zero attached hydrogens (tertiary/aromatic N) is 1. The van der Waals surface area contributed by atoms with Gasteiger partial charge >= 0.3 is 5.97 Å². The minimum Gasteiger partial charge on any atom is -0.401 e. The zero-order valence-corrected chi connectivity index (χ0v) is 16.7. The molecule has 0 saturated carbocycles. The average Bonchev–Trinajstić information content (AvgIpc) is 3.29. The van der Waals surface area contributed by atoms with Crippen molar-refractivity contribution in [1.82, 2.24) is 0 Å². The van der Waals surface area contributed by atoms with Crippen molar-refractivity contribution < 1.29 is 9.53 Å². The summed E-state index contributed by atoms with van der Waals surface area (Å²) in [5, 5.41) is 1.94. The molecule has 0 fully saturated rings. The number of rotatable bonds is 3. The van der Waals surface area contributed by atoms with Gasteiger partial charge in [-0.3, -0.25) is 0 Å². The SMILES string of the molecule is Cc1cc(/C=C2/N=C(c3cccs3)OC2=O)c2c(C)ccc(C(C)C)cc1-2. The Bertz CT molecular complexity index is 1060. The third-order valence-corrected chi connectivity index (χ3v) is 5.76. The molecule has 0 radical (unpaired) electrons. The first-order valence-electron chi connectivity index (χ1n) is 9.04. The summed E-state index contributed by atoms with van der Waals surface area (Å²) in [6.07, 6.45) is 1.85. The fraction of sp³-hybridized carbons (Fsp3) is 0.217. The molecular weight excluding hydrogens is 354 g/mol. The van der Waals surface area contributed by atoms with Gasteiger partial charge in [0.2, 0.25) is 5.90 Å². The molecule has 27 heavy (non-hydrogen) atoms. The van der Waals surface area contributed by atoms with Gasteiger partial charge < -0.3 is 4.74 Å². The lowest BCUT2D eigenvalue weighted by Gasteiger charge is -2.04. The molecule has 2 aliphatic carbocycles. The Hall–Kier alpha value is -2.72. The van der Waals surface area contributed by atoms with Gasteiger partial charge in [-0.1, -0.05) is 44.2 Å². The van der Waals surface area contributed by atoms with E-state index >= 15 is 0 Å². The van der Waals surface area contributed by atoms with Gasteiger partial charge in [0.25, 0.3) is 0 Å². The predicted molar refractivity (Wildman–Crippen MR) is 112 cm³/mol. The van der Waals surface area contributed by atoms with Crippen molar-refractivity contribution in [3.63, 3.8) is 0 Å². The van der Waals surface area contributed by atoms with E-state index in [9.17, 15) is 4.79 Å². The van der Waals surface area contributed by atoms with Crippen LogP contribution in [0.3, 0.4) is 0 Å². The first-order valence-corrected chi connectivity index (χ1v) is 9.92. The van der Waals surface area contributed by atoms with E-state index in [4.69, 9.17) is 4.74 Å². The second-order valence-corrected chi connectivity index (χ2v) is 8.15. The van der Waals surface area contributed by atoms with Gasteiger partial charge in [0.15, 0.2) is 5.70 Å². The Kier molecular flexibility index (Phi) is 4.44. The third-order valence-electron chi connectivity index (χ3n) is 4.90. The molecule has 4 heteroatoms. The lowest BCUT2D eigenvalue weighted by atomic mass is 10.0. The lowest BCUT2D eigenvalue weighted by Crippen LogP contribution is -2.03. The highest BCUT2D eigenvalue weighted by Crippen LogP contribution is 2.37. The van der Waals surface area contributed by atoms with Crippen molar-refractivity contribution in [2.75, 3.05) is 0 Å². The van der Waals surface area contributed by atoms with Gasteiger partial charge in [-0.2, -0.15) is 0 Å². The van der Waals surface area contributed by atoms with E-state index in [1.807, 2.05) is 23.6 Å². The van der Waals surface area contributed by atoms with Crippen LogP contribution in [-0.4, -0.2) is 11.9 Å². The van der Waals surface area contributed by atoms with Gasteiger partial charge in [0, 0.05) is 0 Å². The van der Waals surface area contributed by atoms with E-state index in [2.05, 4.69) is 57.0 Å². The molecule has 1 aromatic heterocycles. The van der Waals surface area contributed by atoms with E-state index in [-0.39, 0.29) is 0 Å². The summed E-state index contributed by atoms with van der Waals surface area (Å²) in [5.41, 5.74) is 7.44. The molecular formula is C23H21NO2S. The maximum atomic E-state index is 12.3. The van der Waals surface area contributed by atoms with Crippen LogP contribution < -0.4 is 0 Å². The molecule has 0 aromatic carbocycles. The zero-order chi connectivity index (χ0) is 19.1. The first kappa shape index (κ1) is 17.7. The van der Waals surface area contributed by atoms with Crippen LogP contribution in [0, 0.1) is 13.8 Å². The van der Waals surface area contributed by atoms with Crippen LogP contribution in [0.4, 0.5) is 0 Å². The summed E-state index contributed by atoms with van der Waals surface area (Å²) in [7, 11) is 0. The quantitative estimate of drug-likeness (QED) is 0.420. The molecule has 3 nitrogen and oxygen atoms in total. The zero-order valence-electron chi connectivity index (χ0n) is 15.9. The fourth-order valence-electron chi connectivity index (χ4n) is 3.42. The Morgan fingerprint density at radius 1 is 1.11 bits per heavy atom. The number of esters is 1. The van der Waals surface area contributed by atoms with Crippen LogP contribution in [0.1, 0.15) is 46.9 Å². The number of fused-ring (bicyclic) bond motifs is 1. The Morgan fingerprint density at radius 3 is 2.63 bits per heavy atom. The van der Waals surface area contributed by atoms with Crippen molar-refractivity contribution in [3.05, 3.63) is 74.6 Å². The van der Waals surface area contributed by atoms with Gasteiger partial charge in [0.1, 0.15) is 0 Å². The highest BCUT2D eigenvalue weighted by atomic mass is 32.1. The maximum absolute atomic E-state index is 12.3. The van der Waals surface area contributed by atoms with Gasteiger partial charge in [-0.25, -0.2) is 9.79 Å². The van der Waals surface area contributed by atoms with Gasteiger partial charge in [-0.05, 0) is 70.7 Å². The smallest absolute Gasteiger partial charge is 0.363 e. The fourth-order valence-corrected chi connectivity index (χ4v) is 4.07. The molecule has 0 N–H and O–H groups in total. The summed E-state index contributed by atoms with van der Waals surface area (Å²) in [5.74, 6) is 0.448. The number of carbonyl (C=O) groups excluding carboxylic acids is 1. The molecule has 1 aliphatic heterocycles. The van der Waals surface area contributed by atoms with Crippen LogP contribution in [-0.2, 0) is 9.53 Å². The molecule has 0 atom stereocenters. The third kappa shape index (κ3) is 3.21. The normalized spacial score (nSPS) is 15.7. The minimum absolute atomic E-state index is 0.347. The maximum Gasteiger partial charge on any atom is 0.363 e. The lowest BCUT2D eigenvalue weighted by molar-refractivity contribution is -0.129. The molecule has 0 bridgehead atoms.